The van der Waals surface area contributed by atoms with Crippen molar-refractivity contribution in [3.05, 3.63) is 12.7 Å². The van der Waals surface area contributed by atoms with E-state index in [2.05, 4.69) is 11.5 Å². The van der Waals surface area contributed by atoms with Crippen molar-refractivity contribution in [1.82, 2.24) is 14.9 Å². The van der Waals surface area contributed by atoms with Crippen LogP contribution in [0.4, 0.5) is 4.79 Å². The van der Waals surface area contributed by atoms with Gasteiger partial charge in [0.1, 0.15) is 0 Å². The molecule has 3 saturated heterocycles. The molecule has 2 amide bonds. The lowest BCUT2D eigenvalue weighted by molar-refractivity contribution is -0.219. The van der Waals surface area contributed by atoms with Crippen LogP contribution in [0, 0.1) is 5.92 Å². The van der Waals surface area contributed by atoms with E-state index in [9.17, 15) is 14.4 Å². The third kappa shape index (κ3) is 4.32. The molecule has 3 aliphatic rings. The molecule has 1 unspecified atom stereocenters. The molecule has 0 aromatic rings. The van der Waals surface area contributed by atoms with Gasteiger partial charge in [-0.05, 0) is 32.6 Å². The number of ether oxygens (including phenoxy) is 2. The molecule has 3 rings (SSSR count). The van der Waals surface area contributed by atoms with Crippen molar-refractivity contribution < 1.29 is 28.7 Å². The largest absolute Gasteiger partial charge is 0.469 e. The summed E-state index contributed by atoms with van der Waals surface area (Å²) in [4.78, 5) is 46.9. The first-order valence-corrected chi connectivity index (χ1v) is 10.8. The maximum Gasteiger partial charge on any atom is 0.409 e. The minimum absolute atomic E-state index is 0.113. The summed E-state index contributed by atoms with van der Waals surface area (Å²) in [6.07, 6.45) is 4.54. The van der Waals surface area contributed by atoms with Crippen LogP contribution in [0.2, 0.25) is 0 Å². The predicted octanol–water partition coefficient (Wildman–Crippen LogP) is 1.58. The molecule has 0 aliphatic carbocycles. The van der Waals surface area contributed by atoms with Gasteiger partial charge in [0.25, 0.3) is 0 Å². The van der Waals surface area contributed by atoms with E-state index in [0.717, 1.165) is 25.9 Å². The normalized spacial score (nSPS) is 24.9. The number of methoxy groups -OCH3 is 1. The molecule has 3 fully saturated rings. The van der Waals surface area contributed by atoms with E-state index in [1.165, 1.54) is 12.2 Å². The predicted molar refractivity (Wildman–Crippen MR) is 108 cm³/mol. The summed E-state index contributed by atoms with van der Waals surface area (Å²) in [6, 6.07) is 0.379. The maximum atomic E-state index is 12.6. The maximum absolute atomic E-state index is 12.6. The highest BCUT2D eigenvalue weighted by Gasteiger charge is 2.58. The first-order chi connectivity index (χ1) is 14.5. The Labute approximate surface area is 177 Å². The van der Waals surface area contributed by atoms with Crippen molar-refractivity contribution >= 4 is 18.0 Å². The van der Waals surface area contributed by atoms with Crippen LogP contribution in [-0.4, -0.2) is 90.9 Å². The van der Waals surface area contributed by atoms with Gasteiger partial charge in [-0.2, -0.15) is 0 Å². The topological polar surface area (TPSA) is 88.6 Å². The number of piperidine rings is 2. The Bertz CT molecular complexity index is 653. The van der Waals surface area contributed by atoms with Gasteiger partial charge in [0.15, 0.2) is 0 Å². The van der Waals surface area contributed by atoms with Gasteiger partial charge in [0, 0.05) is 38.6 Å². The lowest BCUT2D eigenvalue weighted by atomic mass is 9.77. The van der Waals surface area contributed by atoms with Crippen LogP contribution < -0.4 is 0 Å². The minimum atomic E-state index is -0.671. The number of rotatable bonds is 6. The zero-order chi connectivity index (χ0) is 21.7. The minimum Gasteiger partial charge on any atom is -0.469 e. The second-order valence-electron chi connectivity index (χ2n) is 8.11. The molecule has 0 aromatic heterocycles. The van der Waals surface area contributed by atoms with Crippen molar-refractivity contribution in [3.8, 4) is 0 Å². The number of carbonyl (C=O) groups excluding carboxylic acids is 3. The van der Waals surface area contributed by atoms with Crippen molar-refractivity contribution in [3.63, 3.8) is 0 Å². The number of amides is 2. The van der Waals surface area contributed by atoms with Crippen LogP contribution in [0.1, 0.15) is 39.0 Å². The molecule has 9 heteroatoms. The van der Waals surface area contributed by atoms with Crippen molar-refractivity contribution in [2.75, 3.05) is 46.5 Å². The van der Waals surface area contributed by atoms with Crippen molar-refractivity contribution in [1.29, 1.82) is 0 Å². The number of hydrogen-bond donors (Lipinski definition) is 0. The quantitative estimate of drug-likeness (QED) is 0.473. The molecule has 0 aromatic carbocycles. The molecule has 0 saturated carbocycles. The van der Waals surface area contributed by atoms with Gasteiger partial charge >= 0.3 is 12.1 Å². The van der Waals surface area contributed by atoms with E-state index in [-0.39, 0.29) is 31.0 Å². The average Bonchev–Trinajstić information content (AvgIpc) is 3.03. The Morgan fingerprint density at radius 2 is 1.87 bits per heavy atom. The molecular formula is C21H33N3O6. The number of esters is 1. The first kappa shape index (κ1) is 22.6. The SMILES string of the molecule is C=CCON1C(=O)CC(C(=O)OC)C12CCN(C1CCN(C(=O)OCC)CC1)CC2. The second-order valence-corrected chi connectivity index (χ2v) is 8.11. The Morgan fingerprint density at radius 3 is 2.43 bits per heavy atom. The van der Waals surface area contributed by atoms with Gasteiger partial charge in [-0.15, -0.1) is 6.58 Å². The van der Waals surface area contributed by atoms with E-state index in [1.54, 1.807) is 11.0 Å². The van der Waals surface area contributed by atoms with Crippen LogP contribution in [0.5, 0.6) is 0 Å². The molecule has 168 valence electrons. The van der Waals surface area contributed by atoms with Crippen LogP contribution in [0.25, 0.3) is 0 Å². The van der Waals surface area contributed by atoms with Crippen LogP contribution in [-0.2, 0) is 23.9 Å². The second kappa shape index (κ2) is 9.78. The Kier molecular flexibility index (Phi) is 7.36. The molecule has 0 N–H and O–H groups in total. The van der Waals surface area contributed by atoms with E-state index >= 15 is 0 Å². The summed E-state index contributed by atoms with van der Waals surface area (Å²) in [7, 11) is 1.36. The van der Waals surface area contributed by atoms with E-state index in [0.29, 0.717) is 38.6 Å². The number of nitrogens with zero attached hydrogens (tertiary/aromatic N) is 3. The number of hydroxylamine groups is 2. The smallest absolute Gasteiger partial charge is 0.409 e. The summed E-state index contributed by atoms with van der Waals surface area (Å²) >= 11 is 0. The fraction of sp³-hybridized carbons (Fsp3) is 0.762. The molecule has 30 heavy (non-hydrogen) atoms. The van der Waals surface area contributed by atoms with E-state index in [1.807, 2.05) is 6.92 Å². The summed E-state index contributed by atoms with van der Waals surface area (Å²) < 4.78 is 10.1. The molecular weight excluding hydrogens is 390 g/mol. The number of likely N-dealkylation sites (tertiary alicyclic amines) is 2. The van der Waals surface area contributed by atoms with Gasteiger partial charge in [-0.25, -0.2) is 9.86 Å². The van der Waals surface area contributed by atoms with Gasteiger partial charge in [0.2, 0.25) is 5.91 Å². The number of carbonyl (C=O) groups is 3. The molecule has 3 heterocycles. The third-order valence-electron chi connectivity index (χ3n) is 6.64. The highest BCUT2D eigenvalue weighted by Crippen LogP contribution is 2.45. The molecule has 0 radical (unpaired) electrons. The van der Waals surface area contributed by atoms with Gasteiger partial charge < -0.3 is 19.3 Å². The van der Waals surface area contributed by atoms with Crippen molar-refractivity contribution in [2.24, 2.45) is 5.92 Å². The summed E-state index contributed by atoms with van der Waals surface area (Å²) in [5.74, 6) is -1.06. The highest BCUT2D eigenvalue weighted by atomic mass is 16.7. The lowest BCUT2D eigenvalue weighted by Gasteiger charge is -2.48. The monoisotopic (exact) mass is 423 g/mol. The molecule has 3 aliphatic heterocycles. The summed E-state index contributed by atoms with van der Waals surface area (Å²) in [5.41, 5.74) is -0.671. The summed E-state index contributed by atoms with van der Waals surface area (Å²) in [6.45, 7) is 8.96. The fourth-order valence-corrected chi connectivity index (χ4v) is 5.07. The first-order valence-electron chi connectivity index (χ1n) is 10.8. The lowest BCUT2D eigenvalue weighted by Crippen LogP contribution is -2.59. The van der Waals surface area contributed by atoms with Crippen LogP contribution in [0.3, 0.4) is 0 Å². The molecule has 1 spiro atoms. The fourth-order valence-electron chi connectivity index (χ4n) is 5.07. The van der Waals surface area contributed by atoms with Gasteiger partial charge in [-0.3, -0.25) is 14.4 Å². The van der Waals surface area contributed by atoms with E-state index < -0.39 is 11.5 Å². The van der Waals surface area contributed by atoms with Gasteiger partial charge in [-0.1, -0.05) is 6.08 Å². The van der Waals surface area contributed by atoms with E-state index in [4.69, 9.17) is 14.3 Å². The number of hydrogen-bond acceptors (Lipinski definition) is 7. The van der Waals surface area contributed by atoms with Crippen LogP contribution in [0.15, 0.2) is 12.7 Å². The molecule has 0 bridgehead atoms. The summed E-state index contributed by atoms with van der Waals surface area (Å²) in [5, 5.41) is 1.43. The van der Waals surface area contributed by atoms with Crippen LogP contribution >= 0.6 is 0 Å². The van der Waals surface area contributed by atoms with Crippen molar-refractivity contribution in [2.45, 2.75) is 50.6 Å². The highest BCUT2D eigenvalue weighted by molar-refractivity contribution is 5.88. The Balaban J connectivity index is 1.64. The average molecular weight is 424 g/mol. The Hall–Kier alpha value is -2.13. The Morgan fingerprint density at radius 1 is 1.20 bits per heavy atom. The standard InChI is InChI=1S/C21H33N3O6/c1-4-14-30-24-18(25)15-17(19(26)28-3)21(24)8-12-22(13-9-21)16-6-10-23(11-7-16)20(27)29-5-2/h4,16-17H,1,5-15H2,2-3H3. The third-order valence-corrected chi connectivity index (χ3v) is 6.64. The molecule has 1 atom stereocenters. The zero-order valence-corrected chi connectivity index (χ0v) is 18.0. The van der Waals surface area contributed by atoms with Gasteiger partial charge in [0.05, 0.1) is 31.8 Å². The molecule has 9 nitrogen and oxygen atoms in total. The zero-order valence-electron chi connectivity index (χ0n) is 18.0.